The zero-order valence-electron chi connectivity index (χ0n) is 16.8. The molecule has 1 saturated heterocycles. The van der Waals surface area contributed by atoms with E-state index in [0.29, 0.717) is 36.2 Å². The monoisotopic (exact) mass is 468 g/mol. The number of piperidine rings is 1. The largest absolute Gasteiger partial charge is 0.492 e. The second kappa shape index (κ2) is 10.5. The number of hydrogen-bond acceptors (Lipinski definition) is 5. The first-order valence-corrected chi connectivity index (χ1v) is 12.7. The number of sulfonamides is 1. The number of benzene rings is 2. The predicted octanol–water partition coefficient (Wildman–Crippen LogP) is 4.64. The van der Waals surface area contributed by atoms with Crippen LogP contribution in [0, 0.1) is 0 Å². The molecule has 2 aromatic rings. The van der Waals surface area contributed by atoms with Crippen molar-refractivity contribution < 1.29 is 17.9 Å². The number of nitrogens with one attached hydrogen (secondary N) is 1. The van der Waals surface area contributed by atoms with E-state index in [4.69, 9.17) is 16.3 Å². The molecular formula is C21H25ClN2O4S2. The minimum absolute atomic E-state index is 0.0859. The number of rotatable bonds is 8. The van der Waals surface area contributed by atoms with E-state index in [1.165, 1.54) is 22.1 Å². The van der Waals surface area contributed by atoms with Crippen LogP contribution in [0.4, 0.5) is 5.69 Å². The fourth-order valence-corrected chi connectivity index (χ4v) is 5.92. The van der Waals surface area contributed by atoms with Gasteiger partial charge in [0.1, 0.15) is 10.6 Å². The summed E-state index contributed by atoms with van der Waals surface area (Å²) in [6.45, 7) is 3.15. The number of halogens is 1. The number of ether oxygens (including phenoxy) is 1. The molecule has 1 N–H and O–H groups in total. The van der Waals surface area contributed by atoms with Crippen molar-refractivity contribution in [1.29, 1.82) is 0 Å². The topological polar surface area (TPSA) is 75.7 Å². The first kappa shape index (κ1) is 22.9. The molecule has 2 aromatic carbocycles. The maximum atomic E-state index is 13.2. The molecule has 0 bridgehead atoms. The summed E-state index contributed by atoms with van der Waals surface area (Å²) in [4.78, 5) is 13.3. The number of amides is 1. The summed E-state index contributed by atoms with van der Waals surface area (Å²) < 4.78 is 33.4. The van der Waals surface area contributed by atoms with Crippen molar-refractivity contribution in [3.05, 3.63) is 47.5 Å². The minimum Gasteiger partial charge on any atom is -0.492 e. The third-order valence-electron chi connectivity index (χ3n) is 4.66. The van der Waals surface area contributed by atoms with Gasteiger partial charge in [-0.3, -0.25) is 4.79 Å². The summed E-state index contributed by atoms with van der Waals surface area (Å²) in [7, 11) is -3.70. The molecule has 1 heterocycles. The van der Waals surface area contributed by atoms with Gasteiger partial charge in [-0.05, 0) is 50.1 Å². The Morgan fingerprint density at radius 3 is 2.60 bits per heavy atom. The molecule has 0 unspecified atom stereocenters. The number of anilines is 1. The van der Waals surface area contributed by atoms with Crippen molar-refractivity contribution in [2.24, 2.45) is 0 Å². The van der Waals surface area contributed by atoms with E-state index >= 15 is 0 Å². The van der Waals surface area contributed by atoms with Crippen molar-refractivity contribution in [3.63, 3.8) is 0 Å². The third kappa shape index (κ3) is 5.69. The molecule has 6 nitrogen and oxygen atoms in total. The van der Waals surface area contributed by atoms with Gasteiger partial charge in [-0.2, -0.15) is 4.31 Å². The Labute approximate surface area is 187 Å². The Balaban J connectivity index is 1.76. The number of nitrogens with zero attached hydrogens (tertiary/aromatic N) is 1. The lowest BCUT2D eigenvalue weighted by atomic mass is 10.2. The number of thioether (sulfide) groups is 1. The molecule has 0 spiro atoms. The van der Waals surface area contributed by atoms with Gasteiger partial charge in [-0.25, -0.2) is 8.42 Å². The lowest BCUT2D eigenvalue weighted by molar-refractivity contribution is -0.113. The molecule has 0 saturated carbocycles. The summed E-state index contributed by atoms with van der Waals surface area (Å²) in [6, 6.07) is 12.0. The third-order valence-corrected chi connectivity index (χ3v) is 8.09. The highest BCUT2D eigenvalue weighted by Crippen LogP contribution is 2.32. The van der Waals surface area contributed by atoms with Crippen molar-refractivity contribution in [2.45, 2.75) is 36.0 Å². The molecule has 1 aliphatic heterocycles. The molecule has 1 amide bonds. The Morgan fingerprint density at radius 2 is 1.90 bits per heavy atom. The zero-order valence-corrected chi connectivity index (χ0v) is 19.2. The van der Waals surface area contributed by atoms with Gasteiger partial charge in [0, 0.05) is 23.7 Å². The van der Waals surface area contributed by atoms with Crippen LogP contribution in [0.15, 0.2) is 52.3 Å². The van der Waals surface area contributed by atoms with Crippen LogP contribution in [0.2, 0.25) is 5.02 Å². The van der Waals surface area contributed by atoms with Crippen molar-refractivity contribution in [1.82, 2.24) is 4.31 Å². The van der Waals surface area contributed by atoms with Gasteiger partial charge in [-0.15, -0.1) is 11.8 Å². The molecule has 1 fully saturated rings. The van der Waals surface area contributed by atoms with Crippen LogP contribution in [-0.2, 0) is 14.8 Å². The molecule has 162 valence electrons. The van der Waals surface area contributed by atoms with E-state index in [0.717, 1.165) is 24.2 Å². The summed E-state index contributed by atoms with van der Waals surface area (Å²) in [5.41, 5.74) is 0.416. The highest BCUT2D eigenvalue weighted by Gasteiger charge is 2.29. The van der Waals surface area contributed by atoms with Gasteiger partial charge in [0.2, 0.25) is 15.9 Å². The average molecular weight is 469 g/mol. The van der Waals surface area contributed by atoms with E-state index in [1.54, 1.807) is 25.1 Å². The van der Waals surface area contributed by atoms with E-state index in [1.807, 2.05) is 18.2 Å². The van der Waals surface area contributed by atoms with Gasteiger partial charge in [0.25, 0.3) is 0 Å². The number of carbonyl (C=O) groups is 1. The molecular weight excluding hydrogens is 444 g/mol. The van der Waals surface area contributed by atoms with Crippen LogP contribution in [0.25, 0.3) is 0 Å². The molecule has 1 aliphatic rings. The smallest absolute Gasteiger partial charge is 0.246 e. The molecule has 30 heavy (non-hydrogen) atoms. The Kier molecular flexibility index (Phi) is 8.05. The maximum Gasteiger partial charge on any atom is 0.246 e. The summed E-state index contributed by atoms with van der Waals surface area (Å²) >= 11 is 7.44. The fraction of sp³-hybridized carbons (Fsp3) is 0.381. The highest BCUT2D eigenvalue weighted by molar-refractivity contribution is 8.00. The van der Waals surface area contributed by atoms with Crippen LogP contribution < -0.4 is 10.1 Å². The quantitative estimate of drug-likeness (QED) is 0.571. The normalized spacial score (nSPS) is 15.0. The second-order valence-electron chi connectivity index (χ2n) is 6.83. The summed E-state index contributed by atoms with van der Waals surface area (Å²) in [5.74, 6) is 0.211. The van der Waals surface area contributed by atoms with E-state index in [-0.39, 0.29) is 16.6 Å². The minimum atomic E-state index is -3.70. The standard InChI is InChI=1S/C21H25ClN2O4S2/c1-2-28-18-11-10-16(14-20(18)30(26,27)24-12-6-3-7-13-24)23-21(25)15-29-19-9-5-4-8-17(19)22/h4-5,8-11,14H,2-3,6-7,12-13,15H2,1H3,(H,23,25). The zero-order chi connectivity index (χ0) is 21.6. The Hall–Kier alpha value is -1.74. The molecule has 3 rings (SSSR count). The maximum absolute atomic E-state index is 13.2. The lowest BCUT2D eigenvalue weighted by Crippen LogP contribution is -2.35. The number of hydrogen-bond donors (Lipinski definition) is 1. The number of carbonyl (C=O) groups excluding carboxylic acids is 1. The van der Waals surface area contributed by atoms with Crippen LogP contribution in [0.5, 0.6) is 5.75 Å². The van der Waals surface area contributed by atoms with Crippen molar-refractivity contribution >= 4 is 45.0 Å². The van der Waals surface area contributed by atoms with Gasteiger partial charge in [-0.1, -0.05) is 30.2 Å². The molecule has 9 heteroatoms. The van der Waals surface area contributed by atoms with E-state index in [9.17, 15) is 13.2 Å². The summed E-state index contributed by atoms with van der Waals surface area (Å²) in [6.07, 6.45) is 2.72. The van der Waals surface area contributed by atoms with Crippen LogP contribution in [-0.4, -0.2) is 44.1 Å². The SMILES string of the molecule is CCOc1ccc(NC(=O)CSc2ccccc2Cl)cc1S(=O)(=O)N1CCCCC1. The molecule has 0 aliphatic carbocycles. The first-order valence-electron chi connectivity index (χ1n) is 9.86. The molecule has 0 radical (unpaired) electrons. The van der Waals surface area contributed by atoms with E-state index in [2.05, 4.69) is 5.32 Å². The van der Waals surface area contributed by atoms with Crippen molar-refractivity contribution in [3.8, 4) is 5.75 Å². The predicted molar refractivity (Wildman–Crippen MR) is 121 cm³/mol. The summed E-state index contributed by atoms with van der Waals surface area (Å²) in [5, 5.41) is 3.36. The second-order valence-corrected chi connectivity index (χ2v) is 10.2. The average Bonchev–Trinajstić information content (AvgIpc) is 2.75. The fourth-order valence-electron chi connectivity index (χ4n) is 3.21. The van der Waals surface area contributed by atoms with Gasteiger partial charge in [0.05, 0.1) is 17.4 Å². The Morgan fingerprint density at radius 1 is 1.17 bits per heavy atom. The highest BCUT2D eigenvalue weighted by atomic mass is 35.5. The van der Waals surface area contributed by atoms with Crippen LogP contribution in [0.3, 0.4) is 0 Å². The van der Waals surface area contributed by atoms with Crippen LogP contribution >= 0.6 is 23.4 Å². The van der Waals surface area contributed by atoms with E-state index < -0.39 is 10.0 Å². The van der Waals surface area contributed by atoms with Gasteiger partial charge >= 0.3 is 0 Å². The van der Waals surface area contributed by atoms with Crippen LogP contribution in [0.1, 0.15) is 26.2 Å². The van der Waals surface area contributed by atoms with Gasteiger partial charge < -0.3 is 10.1 Å². The van der Waals surface area contributed by atoms with Crippen molar-refractivity contribution in [2.75, 3.05) is 30.8 Å². The van der Waals surface area contributed by atoms with Gasteiger partial charge in [0.15, 0.2) is 0 Å². The lowest BCUT2D eigenvalue weighted by Gasteiger charge is -2.27. The molecule has 0 aromatic heterocycles. The molecule has 0 atom stereocenters. The Bertz CT molecular complexity index is 992. The first-order chi connectivity index (χ1) is 14.4.